The van der Waals surface area contributed by atoms with Gasteiger partial charge < -0.3 is 10.6 Å². The highest BCUT2D eigenvalue weighted by molar-refractivity contribution is 6.36. The summed E-state index contributed by atoms with van der Waals surface area (Å²) in [6, 6.07) is 12.6. The maximum Gasteiger partial charge on any atom is 0.256 e. The van der Waals surface area contributed by atoms with Gasteiger partial charge in [-0.3, -0.25) is 9.59 Å². The van der Waals surface area contributed by atoms with Crippen molar-refractivity contribution in [3.63, 3.8) is 0 Å². The molecule has 3 rings (SSSR count). The smallest absolute Gasteiger partial charge is 0.256 e. The Bertz CT molecular complexity index is 795. The molecule has 0 bridgehead atoms. The molecule has 0 unspecified atom stereocenters. The molecular formula is C17H13ClN2O2. The summed E-state index contributed by atoms with van der Waals surface area (Å²) in [5.74, 6) is -0.268. The molecule has 0 fully saturated rings. The minimum Gasteiger partial charge on any atom is -0.326 e. The van der Waals surface area contributed by atoms with E-state index in [4.69, 9.17) is 11.6 Å². The third-order valence-corrected chi connectivity index (χ3v) is 3.54. The van der Waals surface area contributed by atoms with Crippen molar-refractivity contribution in [1.29, 1.82) is 0 Å². The molecule has 0 radical (unpaired) electrons. The normalized spacial score (nSPS) is 14.6. The molecule has 0 aliphatic carbocycles. The number of amides is 2. The molecule has 2 amide bonds. The van der Waals surface area contributed by atoms with Crippen molar-refractivity contribution in [2.45, 2.75) is 6.92 Å². The lowest BCUT2D eigenvalue weighted by atomic mass is 10.0. The molecular weight excluding hydrogens is 300 g/mol. The second-order valence-electron chi connectivity index (χ2n) is 5.01. The maximum absolute atomic E-state index is 12.1. The summed E-state index contributed by atoms with van der Waals surface area (Å²) >= 11 is 5.93. The zero-order valence-corrected chi connectivity index (χ0v) is 12.6. The Hall–Kier alpha value is -2.59. The van der Waals surface area contributed by atoms with E-state index >= 15 is 0 Å². The van der Waals surface area contributed by atoms with E-state index in [1.807, 2.05) is 24.3 Å². The van der Waals surface area contributed by atoms with Gasteiger partial charge in [0.25, 0.3) is 5.91 Å². The van der Waals surface area contributed by atoms with Gasteiger partial charge in [0.15, 0.2) is 0 Å². The Morgan fingerprint density at radius 3 is 2.59 bits per heavy atom. The minimum absolute atomic E-state index is 0.118. The fourth-order valence-corrected chi connectivity index (χ4v) is 2.51. The lowest BCUT2D eigenvalue weighted by Crippen LogP contribution is -2.05. The number of benzene rings is 2. The van der Waals surface area contributed by atoms with Crippen LogP contribution in [0.25, 0.3) is 11.6 Å². The van der Waals surface area contributed by atoms with Gasteiger partial charge in [-0.1, -0.05) is 29.8 Å². The van der Waals surface area contributed by atoms with E-state index < -0.39 is 0 Å². The summed E-state index contributed by atoms with van der Waals surface area (Å²) in [5.41, 5.74) is 3.75. The number of anilines is 2. The Morgan fingerprint density at radius 1 is 1.18 bits per heavy atom. The van der Waals surface area contributed by atoms with Crippen LogP contribution in [0.2, 0.25) is 5.02 Å². The number of halogens is 1. The Balaban J connectivity index is 1.92. The summed E-state index contributed by atoms with van der Waals surface area (Å²) < 4.78 is 0. The van der Waals surface area contributed by atoms with Crippen LogP contribution in [0.3, 0.4) is 0 Å². The molecule has 0 saturated carbocycles. The minimum atomic E-state index is -0.150. The van der Waals surface area contributed by atoms with Crippen LogP contribution in [0.1, 0.15) is 18.1 Å². The number of rotatable bonds is 2. The second kappa shape index (κ2) is 5.66. The van der Waals surface area contributed by atoms with Crippen LogP contribution < -0.4 is 10.6 Å². The van der Waals surface area contributed by atoms with Gasteiger partial charge in [-0.15, -0.1) is 0 Å². The Labute approximate surface area is 132 Å². The largest absolute Gasteiger partial charge is 0.326 e. The summed E-state index contributed by atoms with van der Waals surface area (Å²) in [6.45, 7) is 1.46. The van der Waals surface area contributed by atoms with E-state index in [2.05, 4.69) is 10.6 Å². The zero-order valence-electron chi connectivity index (χ0n) is 11.8. The molecule has 1 aliphatic heterocycles. The van der Waals surface area contributed by atoms with Gasteiger partial charge in [-0.05, 0) is 35.9 Å². The van der Waals surface area contributed by atoms with Crippen LogP contribution >= 0.6 is 11.6 Å². The second-order valence-corrected chi connectivity index (χ2v) is 5.44. The maximum atomic E-state index is 12.1. The molecule has 1 heterocycles. The summed E-state index contributed by atoms with van der Waals surface area (Å²) in [7, 11) is 0. The van der Waals surface area contributed by atoms with E-state index in [9.17, 15) is 9.59 Å². The molecule has 0 aromatic heterocycles. The quantitative estimate of drug-likeness (QED) is 0.829. The van der Waals surface area contributed by atoms with Crippen molar-refractivity contribution in [3.8, 4) is 0 Å². The van der Waals surface area contributed by atoms with Gasteiger partial charge in [0.1, 0.15) is 0 Å². The van der Waals surface area contributed by atoms with E-state index in [1.54, 1.807) is 24.3 Å². The predicted molar refractivity (Wildman–Crippen MR) is 88.7 cm³/mol. The first-order valence-electron chi connectivity index (χ1n) is 6.73. The first-order chi connectivity index (χ1) is 10.5. The molecule has 1 aliphatic rings. The van der Waals surface area contributed by atoms with Gasteiger partial charge in [0.2, 0.25) is 5.91 Å². The summed E-state index contributed by atoms with van der Waals surface area (Å²) in [6.07, 6.45) is 1.81. The highest BCUT2D eigenvalue weighted by Gasteiger charge is 2.23. The molecule has 0 atom stereocenters. The average molecular weight is 313 g/mol. The van der Waals surface area contributed by atoms with Crippen molar-refractivity contribution in [3.05, 3.63) is 58.6 Å². The molecule has 110 valence electrons. The van der Waals surface area contributed by atoms with Gasteiger partial charge in [0, 0.05) is 28.8 Å². The average Bonchev–Trinajstić information content (AvgIpc) is 2.75. The topological polar surface area (TPSA) is 58.2 Å². The third kappa shape index (κ3) is 2.87. The number of hydrogen-bond donors (Lipinski definition) is 2. The number of carbonyl (C=O) groups is 2. The monoisotopic (exact) mass is 312 g/mol. The van der Waals surface area contributed by atoms with Crippen LogP contribution in [-0.4, -0.2) is 11.8 Å². The van der Waals surface area contributed by atoms with Gasteiger partial charge >= 0.3 is 0 Å². The lowest BCUT2D eigenvalue weighted by molar-refractivity contribution is -0.114. The fourth-order valence-electron chi connectivity index (χ4n) is 2.34. The standard InChI is InChI=1S/C17H13ClN2O2/c1-10(21)19-13-5-2-11(3-6-13)8-15-14-7-4-12(18)9-16(14)20-17(15)22/h2-9H,1H3,(H,19,21)(H,20,22)/b15-8+. The van der Waals surface area contributed by atoms with Gasteiger partial charge in [-0.2, -0.15) is 0 Å². The fraction of sp³-hybridized carbons (Fsp3) is 0.0588. The van der Waals surface area contributed by atoms with Crippen LogP contribution in [-0.2, 0) is 9.59 Å². The van der Waals surface area contributed by atoms with Crippen molar-refractivity contribution in [2.75, 3.05) is 10.6 Å². The first-order valence-corrected chi connectivity index (χ1v) is 7.11. The SMILES string of the molecule is CC(=O)Nc1ccc(/C=C2/C(=O)Nc3cc(Cl)ccc32)cc1. The number of nitrogens with one attached hydrogen (secondary N) is 2. The molecule has 22 heavy (non-hydrogen) atoms. The van der Waals surface area contributed by atoms with Crippen LogP contribution in [0.5, 0.6) is 0 Å². The molecule has 0 saturated heterocycles. The Morgan fingerprint density at radius 2 is 1.91 bits per heavy atom. The molecule has 0 spiro atoms. The van der Waals surface area contributed by atoms with E-state index in [0.717, 1.165) is 22.5 Å². The van der Waals surface area contributed by atoms with Gasteiger partial charge in [0.05, 0.1) is 5.69 Å². The van der Waals surface area contributed by atoms with E-state index in [0.29, 0.717) is 10.6 Å². The highest BCUT2D eigenvalue weighted by Crippen LogP contribution is 2.34. The number of carbonyl (C=O) groups excluding carboxylic acids is 2. The zero-order chi connectivity index (χ0) is 15.7. The van der Waals surface area contributed by atoms with E-state index in [1.165, 1.54) is 6.92 Å². The molecule has 5 heteroatoms. The predicted octanol–water partition coefficient (Wildman–Crippen LogP) is 3.79. The molecule has 2 N–H and O–H groups in total. The van der Waals surface area contributed by atoms with Crippen LogP contribution in [0, 0.1) is 0 Å². The van der Waals surface area contributed by atoms with Crippen molar-refractivity contribution in [1.82, 2.24) is 0 Å². The van der Waals surface area contributed by atoms with Gasteiger partial charge in [-0.25, -0.2) is 0 Å². The van der Waals surface area contributed by atoms with Crippen LogP contribution in [0.4, 0.5) is 11.4 Å². The highest BCUT2D eigenvalue weighted by atomic mass is 35.5. The lowest BCUT2D eigenvalue weighted by Gasteiger charge is -2.03. The molecule has 2 aromatic carbocycles. The number of hydrogen-bond acceptors (Lipinski definition) is 2. The van der Waals surface area contributed by atoms with Crippen molar-refractivity contribution in [2.24, 2.45) is 0 Å². The third-order valence-electron chi connectivity index (χ3n) is 3.31. The Kier molecular flexibility index (Phi) is 3.69. The van der Waals surface area contributed by atoms with Crippen LogP contribution in [0.15, 0.2) is 42.5 Å². The molecule has 2 aromatic rings. The van der Waals surface area contributed by atoms with Crippen molar-refractivity contribution < 1.29 is 9.59 Å². The van der Waals surface area contributed by atoms with E-state index in [-0.39, 0.29) is 11.8 Å². The summed E-state index contributed by atoms with van der Waals surface area (Å²) in [4.78, 5) is 23.1. The summed E-state index contributed by atoms with van der Waals surface area (Å²) in [5, 5.41) is 6.08. The first kappa shape index (κ1) is 14.4. The number of fused-ring (bicyclic) bond motifs is 1. The van der Waals surface area contributed by atoms with Crippen molar-refractivity contribution >= 4 is 46.4 Å². The molecule has 4 nitrogen and oxygen atoms in total.